The van der Waals surface area contributed by atoms with E-state index in [1.165, 1.54) is 43.8 Å². The molecule has 53 heavy (non-hydrogen) atoms. The molecule has 5 nitrogen and oxygen atoms in total. The van der Waals surface area contributed by atoms with E-state index in [1.54, 1.807) is 4.80 Å². The van der Waals surface area contributed by atoms with Crippen LogP contribution < -0.4 is 9.80 Å². The third-order valence-corrected chi connectivity index (χ3v) is 10.3. The van der Waals surface area contributed by atoms with Gasteiger partial charge in [0.15, 0.2) is 0 Å². The Morgan fingerprint density at radius 3 is 1.17 bits per heavy atom. The number of hydrogen-bond donors (Lipinski definition) is 0. The largest absolute Gasteiger partial charge is 0.308 e. The summed E-state index contributed by atoms with van der Waals surface area (Å²) in [6, 6.07) is 58.3. The van der Waals surface area contributed by atoms with Gasteiger partial charge >= 0.3 is 0 Å². The molecular formula is C48H39N5. The van der Waals surface area contributed by atoms with Crippen LogP contribution in [0.3, 0.4) is 0 Å². The first-order chi connectivity index (χ1) is 25.9. The number of hydrogen-bond acceptors (Lipinski definition) is 4. The van der Waals surface area contributed by atoms with Crippen molar-refractivity contribution in [3.05, 3.63) is 186 Å². The smallest absolute Gasteiger partial charge is 0.139 e. The normalized spacial score (nSPS) is 11.4. The van der Waals surface area contributed by atoms with E-state index in [0.29, 0.717) is 0 Å². The Kier molecular flexibility index (Phi) is 7.97. The lowest BCUT2D eigenvalue weighted by Crippen LogP contribution is -2.14. The van der Waals surface area contributed by atoms with Crippen LogP contribution in [0.2, 0.25) is 0 Å². The highest BCUT2D eigenvalue weighted by Crippen LogP contribution is 2.47. The first-order valence-electron chi connectivity index (χ1n) is 18.1. The Balaban J connectivity index is 1.37. The molecule has 9 aromatic rings. The number of aromatic nitrogens is 3. The van der Waals surface area contributed by atoms with Crippen molar-refractivity contribution in [2.24, 2.45) is 0 Å². The van der Waals surface area contributed by atoms with Crippen LogP contribution >= 0.6 is 0 Å². The van der Waals surface area contributed by atoms with Crippen molar-refractivity contribution in [1.29, 1.82) is 0 Å². The summed E-state index contributed by atoms with van der Waals surface area (Å²) in [7, 11) is 0. The van der Waals surface area contributed by atoms with Crippen molar-refractivity contribution in [2.45, 2.75) is 27.7 Å². The van der Waals surface area contributed by atoms with Gasteiger partial charge in [0.25, 0.3) is 0 Å². The van der Waals surface area contributed by atoms with Gasteiger partial charge in [0.05, 0.1) is 28.4 Å². The van der Waals surface area contributed by atoms with Crippen molar-refractivity contribution < 1.29 is 0 Å². The Hall–Kier alpha value is -6.72. The third-order valence-electron chi connectivity index (χ3n) is 10.3. The van der Waals surface area contributed by atoms with Gasteiger partial charge in [-0.15, -0.1) is 10.2 Å². The standard InChI is InChI=1S/C48H39N5/c1-32-18-24-36(25-19-32)51(43-28-22-34(3)39-14-8-10-16-41(39)43)45-30-31-46(48-47(45)49-53(50-48)38-12-6-5-7-13-38)52(37-26-20-33(2)21-27-37)44-29-23-35(4)40-15-9-11-17-42(40)44/h5-31H,1-4H3. The fraction of sp³-hybridized carbons (Fsp3) is 0.0833. The quantitative estimate of drug-likeness (QED) is 0.167. The molecule has 0 aliphatic rings. The predicted molar refractivity (Wildman–Crippen MR) is 222 cm³/mol. The second kappa shape index (κ2) is 13.1. The average Bonchev–Trinajstić information content (AvgIpc) is 3.65. The Morgan fingerprint density at radius 2 is 0.736 bits per heavy atom. The lowest BCUT2D eigenvalue weighted by Gasteiger charge is -2.30. The summed E-state index contributed by atoms with van der Waals surface area (Å²) >= 11 is 0. The minimum atomic E-state index is 0.796. The second-order valence-corrected chi connectivity index (χ2v) is 13.9. The lowest BCUT2D eigenvalue weighted by molar-refractivity contribution is 0.765. The molecule has 1 heterocycles. The number of para-hydroxylation sites is 1. The molecule has 0 aliphatic heterocycles. The van der Waals surface area contributed by atoms with Gasteiger partial charge in [-0.3, -0.25) is 0 Å². The molecule has 0 saturated heterocycles. The molecule has 0 saturated carbocycles. The second-order valence-electron chi connectivity index (χ2n) is 13.9. The summed E-state index contributed by atoms with van der Waals surface area (Å²) in [6.07, 6.45) is 0. The maximum atomic E-state index is 5.33. The van der Waals surface area contributed by atoms with E-state index < -0.39 is 0 Å². The van der Waals surface area contributed by atoms with Crippen LogP contribution in [0, 0.1) is 27.7 Å². The van der Waals surface area contributed by atoms with Crippen LogP contribution in [0.4, 0.5) is 34.1 Å². The van der Waals surface area contributed by atoms with E-state index in [4.69, 9.17) is 10.2 Å². The highest BCUT2D eigenvalue weighted by molar-refractivity contribution is 6.09. The molecule has 0 atom stereocenters. The van der Waals surface area contributed by atoms with Gasteiger partial charge in [-0.2, -0.15) is 4.80 Å². The SMILES string of the molecule is Cc1ccc(N(c2ccc(C)c3ccccc23)c2ccc(N(c3ccc(C)cc3)c3ccc(C)c4ccccc34)c3nn(-c4ccccc4)nc23)cc1. The number of rotatable bonds is 7. The van der Waals surface area contributed by atoms with Crippen molar-refractivity contribution in [2.75, 3.05) is 9.80 Å². The van der Waals surface area contributed by atoms with Gasteiger partial charge in [-0.25, -0.2) is 0 Å². The number of nitrogens with zero attached hydrogens (tertiary/aromatic N) is 5. The molecule has 0 radical (unpaired) electrons. The van der Waals surface area contributed by atoms with E-state index in [9.17, 15) is 0 Å². The van der Waals surface area contributed by atoms with Crippen molar-refractivity contribution in [3.8, 4) is 5.69 Å². The molecule has 0 N–H and O–H groups in total. The van der Waals surface area contributed by atoms with Gasteiger partial charge in [0.1, 0.15) is 11.0 Å². The van der Waals surface area contributed by atoms with Gasteiger partial charge in [-0.1, -0.05) is 114 Å². The van der Waals surface area contributed by atoms with E-state index in [1.807, 2.05) is 18.2 Å². The topological polar surface area (TPSA) is 37.2 Å². The van der Waals surface area contributed by atoms with Crippen molar-refractivity contribution in [1.82, 2.24) is 15.0 Å². The molecule has 0 aliphatic carbocycles. The molecule has 0 amide bonds. The van der Waals surface area contributed by atoms with Crippen LogP contribution in [0.25, 0.3) is 38.3 Å². The summed E-state index contributed by atoms with van der Waals surface area (Å²) in [4.78, 5) is 6.46. The molecule has 1 aromatic heterocycles. The van der Waals surface area contributed by atoms with Crippen LogP contribution in [0.1, 0.15) is 22.3 Å². The van der Waals surface area contributed by atoms with E-state index in [2.05, 4.69) is 183 Å². The highest BCUT2D eigenvalue weighted by atomic mass is 15.5. The summed E-state index contributed by atoms with van der Waals surface area (Å²) in [5.74, 6) is 0. The lowest BCUT2D eigenvalue weighted by atomic mass is 10.0. The van der Waals surface area contributed by atoms with Gasteiger partial charge < -0.3 is 9.80 Å². The zero-order valence-corrected chi connectivity index (χ0v) is 30.3. The minimum absolute atomic E-state index is 0.796. The van der Waals surface area contributed by atoms with Gasteiger partial charge in [0, 0.05) is 22.1 Å². The monoisotopic (exact) mass is 685 g/mol. The highest BCUT2D eigenvalue weighted by Gasteiger charge is 2.26. The van der Waals surface area contributed by atoms with Crippen LogP contribution in [-0.4, -0.2) is 15.0 Å². The summed E-state index contributed by atoms with van der Waals surface area (Å²) < 4.78 is 0. The first kappa shape index (κ1) is 32.2. The van der Waals surface area contributed by atoms with Crippen molar-refractivity contribution in [3.63, 3.8) is 0 Å². The van der Waals surface area contributed by atoms with E-state index in [-0.39, 0.29) is 0 Å². The summed E-state index contributed by atoms with van der Waals surface area (Å²) in [5.41, 5.74) is 13.5. The molecular weight excluding hydrogens is 647 g/mol. The molecule has 0 fully saturated rings. The third kappa shape index (κ3) is 5.67. The van der Waals surface area contributed by atoms with Crippen LogP contribution in [0.5, 0.6) is 0 Å². The Labute approximate surface area is 310 Å². The Bertz CT molecular complexity index is 2590. The number of fused-ring (bicyclic) bond motifs is 3. The summed E-state index contributed by atoms with van der Waals surface area (Å²) in [6.45, 7) is 8.61. The molecule has 0 bridgehead atoms. The molecule has 256 valence electrons. The van der Waals surface area contributed by atoms with Gasteiger partial charge in [-0.05, 0) is 110 Å². The maximum absolute atomic E-state index is 5.33. The minimum Gasteiger partial charge on any atom is -0.308 e. The van der Waals surface area contributed by atoms with E-state index >= 15 is 0 Å². The van der Waals surface area contributed by atoms with Crippen molar-refractivity contribution >= 4 is 66.7 Å². The molecule has 0 unspecified atom stereocenters. The first-order valence-corrected chi connectivity index (χ1v) is 18.1. The zero-order chi connectivity index (χ0) is 36.1. The fourth-order valence-corrected chi connectivity index (χ4v) is 7.47. The van der Waals surface area contributed by atoms with Gasteiger partial charge in [0.2, 0.25) is 0 Å². The molecule has 9 rings (SSSR count). The zero-order valence-electron chi connectivity index (χ0n) is 30.3. The van der Waals surface area contributed by atoms with E-state index in [0.717, 1.165) is 50.8 Å². The number of anilines is 6. The predicted octanol–water partition coefficient (Wildman–Crippen LogP) is 12.9. The summed E-state index contributed by atoms with van der Waals surface area (Å²) in [5, 5.41) is 15.4. The van der Waals surface area contributed by atoms with Crippen LogP contribution in [0.15, 0.2) is 164 Å². The fourth-order valence-electron chi connectivity index (χ4n) is 7.47. The molecule has 8 aromatic carbocycles. The molecule has 0 spiro atoms. The van der Waals surface area contributed by atoms with Crippen LogP contribution in [-0.2, 0) is 0 Å². The average molecular weight is 686 g/mol. The number of aryl methyl sites for hydroxylation is 4. The molecule has 5 heteroatoms. The maximum Gasteiger partial charge on any atom is 0.139 e. The number of benzene rings is 8. The Morgan fingerprint density at radius 1 is 0.358 bits per heavy atom.